The molecule has 2 heterocycles. The summed E-state index contributed by atoms with van der Waals surface area (Å²) in [5, 5.41) is 4.76. The highest BCUT2D eigenvalue weighted by Gasteiger charge is 2.18. The highest BCUT2D eigenvalue weighted by Crippen LogP contribution is 2.26. The summed E-state index contributed by atoms with van der Waals surface area (Å²) in [5.74, 6) is -0.384. The lowest BCUT2D eigenvalue weighted by Gasteiger charge is -2.07. The van der Waals surface area contributed by atoms with Crippen LogP contribution in [0, 0.1) is 12.7 Å². The molecule has 3 aromatic rings. The first-order valence-electron chi connectivity index (χ1n) is 8.17. The molecule has 0 bridgehead atoms. The Morgan fingerprint density at radius 1 is 1.32 bits per heavy atom. The Labute approximate surface area is 146 Å². The van der Waals surface area contributed by atoms with Crippen molar-refractivity contribution < 1.29 is 12.8 Å². The van der Waals surface area contributed by atoms with Gasteiger partial charge in [0.1, 0.15) is 10.7 Å². The van der Waals surface area contributed by atoms with Crippen molar-refractivity contribution in [2.45, 2.75) is 45.2 Å². The third kappa shape index (κ3) is 3.32. The summed E-state index contributed by atoms with van der Waals surface area (Å²) in [6, 6.07) is 2.83. The van der Waals surface area contributed by atoms with Crippen LogP contribution in [0.25, 0.3) is 10.9 Å². The van der Waals surface area contributed by atoms with Crippen molar-refractivity contribution in [1.82, 2.24) is 19.5 Å². The molecule has 0 saturated carbocycles. The lowest BCUT2D eigenvalue weighted by atomic mass is 10.1. The van der Waals surface area contributed by atoms with Gasteiger partial charge in [-0.2, -0.15) is 5.10 Å². The summed E-state index contributed by atoms with van der Waals surface area (Å²) < 4.78 is 42.9. The van der Waals surface area contributed by atoms with E-state index in [9.17, 15) is 12.8 Å². The minimum Gasteiger partial charge on any atom is -0.358 e. The van der Waals surface area contributed by atoms with Crippen LogP contribution < -0.4 is 4.72 Å². The molecule has 8 heteroatoms. The molecule has 0 spiro atoms. The van der Waals surface area contributed by atoms with E-state index in [1.165, 1.54) is 29.2 Å². The summed E-state index contributed by atoms with van der Waals surface area (Å²) in [4.78, 5) is 3.38. The van der Waals surface area contributed by atoms with Gasteiger partial charge in [-0.15, -0.1) is 0 Å². The fraction of sp³-hybridized carbons (Fsp3) is 0.353. The topological polar surface area (TPSA) is 79.8 Å². The number of fused-ring (bicyclic) bond motifs is 1. The third-order valence-electron chi connectivity index (χ3n) is 4.37. The standard InChI is InChI=1S/C17H21FN4O2S/c1-4-16-11(3)15-7-13(18)6-12(17(15)21-16)8-20-25(23,24)14-9-19-22(5-2)10-14/h6-7,9-10,20-21H,4-5,8H2,1-3H3. The third-order valence-corrected chi connectivity index (χ3v) is 5.72. The number of rotatable bonds is 6. The molecule has 25 heavy (non-hydrogen) atoms. The fourth-order valence-electron chi connectivity index (χ4n) is 2.92. The van der Waals surface area contributed by atoms with Gasteiger partial charge in [-0.05, 0) is 43.5 Å². The predicted octanol–water partition coefficient (Wildman–Crippen LogP) is 2.87. The van der Waals surface area contributed by atoms with Crippen LogP contribution in [-0.2, 0) is 29.5 Å². The summed E-state index contributed by atoms with van der Waals surface area (Å²) in [6.07, 6.45) is 3.57. The van der Waals surface area contributed by atoms with Crippen LogP contribution in [0.15, 0.2) is 29.4 Å². The maximum absolute atomic E-state index is 14.0. The molecule has 2 aromatic heterocycles. The Balaban J connectivity index is 1.92. The predicted molar refractivity (Wildman–Crippen MR) is 94.3 cm³/mol. The van der Waals surface area contributed by atoms with Gasteiger partial charge >= 0.3 is 0 Å². The minimum atomic E-state index is -3.71. The van der Waals surface area contributed by atoms with Gasteiger partial charge in [0.2, 0.25) is 10.0 Å². The monoisotopic (exact) mass is 364 g/mol. The van der Waals surface area contributed by atoms with Crippen molar-refractivity contribution in [3.05, 3.63) is 47.2 Å². The molecule has 0 atom stereocenters. The van der Waals surface area contributed by atoms with E-state index < -0.39 is 10.0 Å². The average molecular weight is 364 g/mol. The van der Waals surface area contributed by atoms with Crippen molar-refractivity contribution in [2.24, 2.45) is 0 Å². The van der Waals surface area contributed by atoms with Gasteiger partial charge in [0, 0.05) is 30.4 Å². The van der Waals surface area contributed by atoms with Crippen LogP contribution in [0.4, 0.5) is 4.39 Å². The van der Waals surface area contributed by atoms with E-state index in [2.05, 4.69) is 14.8 Å². The van der Waals surface area contributed by atoms with Crippen LogP contribution in [0.5, 0.6) is 0 Å². The number of nitrogens with one attached hydrogen (secondary N) is 2. The van der Waals surface area contributed by atoms with E-state index in [1.807, 2.05) is 20.8 Å². The van der Waals surface area contributed by atoms with Gasteiger partial charge in [-0.3, -0.25) is 4.68 Å². The number of sulfonamides is 1. The Kier molecular flexibility index (Phi) is 4.66. The van der Waals surface area contributed by atoms with E-state index >= 15 is 0 Å². The lowest BCUT2D eigenvalue weighted by Crippen LogP contribution is -2.23. The summed E-state index contributed by atoms with van der Waals surface area (Å²) in [6.45, 7) is 6.41. The second kappa shape index (κ2) is 6.61. The summed E-state index contributed by atoms with van der Waals surface area (Å²) in [5.41, 5.74) is 3.35. The van der Waals surface area contributed by atoms with Crippen LogP contribution in [0.1, 0.15) is 30.7 Å². The molecule has 0 saturated heterocycles. The Morgan fingerprint density at radius 2 is 2.08 bits per heavy atom. The van der Waals surface area contributed by atoms with Gasteiger partial charge in [0.05, 0.1) is 11.7 Å². The van der Waals surface area contributed by atoms with Gasteiger partial charge in [-0.1, -0.05) is 6.92 Å². The highest BCUT2D eigenvalue weighted by atomic mass is 32.2. The molecule has 0 aliphatic rings. The van der Waals surface area contributed by atoms with Gasteiger partial charge in [0.15, 0.2) is 0 Å². The van der Waals surface area contributed by atoms with Crippen molar-refractivity contribution in [1.29, 1.82) is 0 Å². The molecule has 0 radical (unpaired) electrons. The zero-order valence-electron chi connectivity index (χ0n) is 14.4. The summed E-state index contributed by atoms with van der Waals surface area (Å²) >= 11 is 0. The number of halogens is 1. The van der Waals surface area contributed by atoms with Crippen LogP contribution in [0.2, 0.25) is 0 Å². The normalized spacial score (nSPS) is 12.2. The van der Waals surface area contributed by atoms with E-state index in [1.54, 1.807) is 0 Å². The number of aromatic amines is 1. The molecule has 2 N–H and O–H groups in total. The number of aromatic nitrogens is 3. The first kappa shape index (κ1) is 17.6. The molecule has 0 unspecified atom stereocenters. The van der Waals surface area contributed by atoms with Crippen molar-refractivity contribution in [2.75, 3.05) is 0 Å². The molecule has 6 nitrogen and oxygen atoms in total. The molecule has 134 valence electrons. The van der Waals surface area contributed by atoms with Crippen molar-refractivity contribution in [3.8, 4) is 0 Å². The van der Waals surface area contributed by atoms with E-state index in [4.69, 9.17) is 0 Å². The SMILES string of the molecule is CCc1[nH]c2c(CNS(=O)(=O)c3cnn(CC)c3)cc(F)cc2c1C. The quantitative estimate of drug-likeness (QED) is 0.706. The number of hydrogen-bond donors (Lipinski definition) is 2. The number of aryl methyl sites for hydroxylation is 3. The molecular formula is C17H21FN4O2S. The van der Waals surface area contributed by atoms with Crippen molar-refractivity contribution >= 4 is 20.9 Å². The van der Waals surface area contributed by atoms with Crippen LogP contribution in [0.3, 0.4) is 0 Å². The first-order valence-corrected chi connectivity index (χ1v) is 9.65. The second-order valence-corrected chi connectivity index (χ2v) is 7.69. The Morgan fingerprint density at radius 3 is 2.72 bits per heavy atom. The number of H-pyrrole nitrogens is 1. The minimum absolute atomic E-state index is 0.00297. The smallest absolute Gasteiger partial charge is 0.243 e. The van der Waals surface area contributed by atoms with E-state index in [0.717, 1.165) is 28.6 Å². The highest BCUT2D eigenvalue weighted by molar-refractivity contribution is 7.89. The van der Waals surface area contributed by atoms with E-state index in [-0.39, 0.29) is 17.3 Å². The van der Waals surface area contributed by atoms with Gasteiger partial charge in [0.25, 0.3) is 0 Å². The fourth-order valence-corrected chi connectivity index (χ4v) is 3.88. The zero-order chi connectivity index (χ0) is 18.2. The van der Waals surface area contributed by atoms with Crippen LogP contribution in [-0.4, -0.2) is 23.2 Å². The number of nitrogens with zero attached hydrogens (tertiary/aromatic N) is 2. The maximum atomic E-state index is 14.0. The lowest BCUT2D eigenvalue weighted by molar-refractivity contribution is 0.580. The molecular weight excluding hydrogens is 343 g/mol. The second-order valence-electron chi connectivity index (χ2n) is 5.93. The molecule has 0 amide bonds. The molecule has 3 rings (SSSR count). The average Bonchev–Trinajstić information content (AvgIpc) is 3.18. The van der Waals surface area contributed by atoms with Crippen molar-refractivity contribution in [3.63, 3.8) is 0 Å². The molecule has 1 aromatic carbocycles. The molecule has 0 aliphatic carbocycles. The van der Waals surface area contributed by atoms with E-state index in [0.29, 0.717) is 12.1 Å². The molecule has 0 aliphatic heterocycles. The summed E-state index contributed by atoms with van der Waals surface area (Å²) in [7, 11) is -3.71. The number of hydrogen-bond acceptors (Lipinski definition) is 3. The Bertz CT molecular complexity index is 1020. The zero-order valence-corrected chi connectivity index (χ0v) is 15.2. The number of benzene rings is 1. The van der Waals surface area contributed by atoms with Crippen LogP contribution >= 0.6 is 0 Å². The largest absolute Gasteiger partial charge is 0.358 e. The maximum Gasteiger partial charge on any atom is 0.243 e. The molecule has 0 fully saturated rings. The first-order chi connectivity index (χ1) is 11.9. The van der Waals surface area contributed by atoms with Gasteiger partial charge < -0.3 is 4.98 Å². The van der Waals surface area contributed by atoms with Gasteiger partial charge in [-0.25, -0.2) is 17.5 Å². The Hall–Kier alpha value is -2.19.